The Morgan fingerprint density at radius 3 is 2.69 bits per heavy atom. The molecule has 1 amide bonds. The van der Waals surface area contributed by atoms with Gasteiger partial charge in [0, 0.05) is 26.6 Å². The summed E-state index contributed by atoms with van der Waals surface area (Å²) in [7, 11) is 1.57. The first-order chi connectivity index (χ1) is 12.4. The van der Waals surface area contributed by atoms with E-state index in [-0.39, 0.29) is 22.4 Å². The minimum absolute atomic E-state index is 0.0843. The Hall–Kier alpha value is -1.80. The fraction of sp³-hybridized carbons (Fsp3) is 0.312. The van der Waals surface area contributed by atoms with E-state index in [1.165, 1.54) is 6.20 Å². The molecule has 0 aliphatic heterocycles. The average molecular weight is 420 g/mol. The van der Waals surface area contributed by atoms with Crippen LogP contribution < -0.4 is 16.2 Å². The molecule has 7 nitrogen and oxygen atoms in total. The van der Waals surface area contributed by atoms with Crippen LogP contribution in [0.4, 0.5) is 5.69 Å². The van der Waals surface area contributed by atoms with Gasteiger partial charge < -0.3 is 15.4 Å². The zero-order valence-electron chi connectivity index (χ0n) is 13.9. The van der Waals surface area contributed by atoms with Gasteiger partial charge >= 0.3 is 0 Å². The van der Waals surface area contributed by atoms with Gasteiger partial charge in [-0.1, -0.05) is 34.8 Å². The number of nitrogens with one attached hydrogen (secondary N) is 2. The second kappa shape index (κ2) is 9.78. The van der Waals surface area contributed by atoms with Gasteiger partial charge in [-0.2, -0.15) is 9.78 Å². The van der Waals surface area contributed by atoms with Gasteiger partial charge in [-0.15, -0.1) is 0 Å². The maximum absolute atomic E-state index is 12.1. The van der Waals surface area contributed by atoms with Crippen LogP contribution in [0.5, 0.6) is 0 Å². The number of ether oxygens (including phenoxy) is 1. The number of halogens is 3. The van der Waals surface area contributed by atoms with Crippen molar-refractivity contribution >= 4 is 46.4 Å². The van der Waals surface area contributed by atoms with Crippen molar-refractivity contribution in [2.45, 2.75) is 6.42 Å². The van der Waals surface area contributed by atoms with Crippen LogP contribution in [0.25, 0.3) is 5.69 Å². The van der Waals surface area contributed by atoms with Crippen LogP contribution in [-0.4, -0.2) is 42.5 Å². The summed E-state index contributed by atoms with van der Waals surface area (Å²) in [5.41, 5.74) is 0.540. The third-order valence-electron chi connectivity index (χ3n) is 3.37. The summed E-state index contributed by atoms with van der Waals surface area (Å²) < 4.78 is 5.96. The van der Waals surface area contributed by atoms with Crippen molar-refractivity contribution in [3.8, 4) is 5.69 Å². The molecule has 0 saturated heterocycles. The Morgan fingerprint density at radius 1 is 1.23 bits per heavy atom. The molecule has 26 heavy (non-hydrogen) atoms. The average Bonchev–Trinajstić information content (AvgIpc) is 2.61. The molecule has 1 aromatic carbocycles. The van der Waals surface area contributed by atoms with E-state index in [4.69, 9.17) is 39.5 Å². The van der Waals surface area contributed by atoms with Crippen molar-refractivity contribution in [3.05, 3.63) is 49.8 Å². The molecule has 2 N–H and O–H groups in total. The smallest absolute Gasteiger partial charge is 0.291 e. The third-order valence-corrected chi connectivity index (χ3v) is 4.43. The van der Waals surface area contributed by atoms with Gasteiger partial charge in [0.15, 0.2) is 0 Å². The fourth-order valence-electron chi connectivity index (χ4n) is 2.07. The highest BCUT2D eigenvalue weighted by Gasteiger charge is 2.11. The first-order valence-corrected chi connectivity index (χ1v) is 8.80. The summed E-state index contributed by atoms with van der Waals surface area (Å²) in [6.45, 7) is 1.34. The molecule has 2 rings (SSSR count). The number of anilines is 1. The Labute approximate surface area is 165 Å². The van der Waals surface area contributed by atoms with E-state index >= 15 is 0 Å². The normalized spacial score (nSPS) is 10.6. The predicted molar refractivity (Wildman–Crippen MR) is 103 cm³/mol. The fourth-order valence-corrected chi connectivity index (χ4v) is 2.56. The molecule has 0 aliphatic rings. The van der Waals surface area contributed by atoms with Gasteiger partial charge in [0.05, 0.1) is 34.2 Å². The van der Waals surface area contributed by atoms with E-state index in [1.54, 1.807) is 25.3 Å². The van der Waals surface area contributed by atoms with Crippen molar-refractivity contribution in [2.24, 2.45) is 0 Å². The Balaban J connectivity index is 2.01. The lowest BCUT2D eigenvalue weighted by atomic mass is 10.2. The summed E-state index contributed by atoms with van der Waals surface area (Å²) in [4.78, 5) is 23.7. The van der Waals surface area contributed by atoms with Crippen molar-refractivity contribution in [3.63, 3.8) is 0 Å². The summed E-state index contributed by atoms with van der Waals surface area (Å²) in [5, 5.41) is 10.1. The van der Waals surface area contributed by atoms with Crippen LogP contribution in [0.3, 0.4) is 0 Å². The molecule has 0 saturated carbocycles. The molecule has 0 bridgehead atoms. The predicted octanol–water partition coefficient (Wildman–Crippen LogP) is 2.76. The number of carbonyl (C=O) groups excluding carboxylic acids is 1. The maximum atomic E-state index is 12.1. The monoisotopic (exact) mass is 418 g/mol. The lowest BCUT2D eigenvalue weighted by Crippen LogP contribution is -2.28. The van der Waals surface area contributed by atoms with E-state index in [0.29, 0.717) is 36.1 Å². The molecule has 0 atom stereocenters. The van der Waals surface area contributed by atoms with E-state index in [1.807, 2.05) is 0 Å². The van der Waals surface area contributed by atoms with Gasteiger partial charge in [0.25, 0.3) is 5.56 Å². The summed E-state index contributed by atoms with van der Waals surface area (Å²) >= 11 is 17.9. The van der Waals surface area contributed by atoms with Crippen LogP contribution in [0, 0.1) is 0 Å². The van der Waals surface area contributed by atoms with Gasteiger partial charge in [-0.3, -0.25) is 9.59 Å². The van der Waals surface area contributed by atoms with Gasteiger partial charge in [-0.25, -0.2) is 0 Å². The molecule has 0 fully saturated rings. The van der Waals surface area contributed by atoms with E-state index < -0.39 is 5.56 Å². The number of amides is 1. The summed E-state index contributed by atoms with van der Waals surface area (Å²) in [5.74, 6) is -0.0890. The first kappa shape index (κ1) is 20.5. The standard InChI is InChI=1S/C16H17Cl3N4O3/c1-26-7-6-21-14(24)4-5-20-13-3-2-10(8-11(13)17)23-16(25)15(19)12(18)9-22-23/h2-3,8-9,20H,4-7H2,1H3,(H,21,24). The number of aromatic nitrogens is 2. The number of benzene rings is 1. The summed E-state index contributed by atoms with van der Waals surface area (Å²) in [6, 6.07) is 4.92. The highest BCUT2D eigenvalue weighted by atomic mass is 35.5. The van der Waals surface area contributed by atoms with Crippen LogP contribution in [0.15, 0.2) is 29.2 Å². The first-order valence-electron chi connectivity index (χ1n) is 7.66. The summed E-state index contributed by atoms with van der Waals surface area (Å²) in [6.07, 6.45) is 1.57. The largest absolute Gasteiger partial charge is 0.383 e. The quantitative estimate of drug-likeness (QED) is 0.643. The van der Waals surface area contributed by atoms with E-state index in [9.17, 15) is 9.59 Å². The Morgan fingerprint density at radius 2 is 2.00 bits per heavy atom. The molecule has 0 unspecified atom stereocenters. The minimum Gasteiger partial charge on any atom is -0.383 e. The van der Waals surface area contributed by atoms with E-state index in [2.05, 4.69) is 15.7 Å². The maximum Gasteiger partial charge on any atom is 0.291 e. The van der Waals surface area contributed by atoms with Crippen molar-refractivity contribution in [1.82, 2.24) is 15.1 Å². The second-order valence-electron chi connectivity index (χ2n) is 5.21. The molecule has 10 heteroatoms. The number of hydrogen-bond donors (Lipinski definition) is 2. The van der Waals surface area contributed by atoms with Crippen LogP contribution in [0.1, 0.15) is 6.42 Å². The third kappa shape index (κ3) is 5.35. The van der Waals surface area contributed by atoms with Gasteiger partial charge in [0.1, 0.15) is 5.02 Å². The zero-order chi connectivity index (χ0) is 19.1. The van der Waals surface area contributed by atoms with Crippen molar-refractivity contribution in [2.75, 3.05) is 32.1 Å². The van der Waals surface area contributed by atoms with Crippen LogP contribution in [-0.2, 0) is 9.53 Å². The van der Waals surface area contributed by atoms with Crippen LogP contribution in [0.2, 0.25) is 15.1 Å². The van der Waals surface area contributed by atoms with Gasteiger partial charge in [-0.05, 0) is 18.2 Å². The lowest BCUT2D eigenvalue weighted by Gasteiger charge is -2.11. The highest BCUT2D eigenvalue weighted by molar-refractivity contribution is 6.41. The molecular weight excluding hydrogens is 403 g/mol. The van der Waals surface area contributed by atoms with E-state index in [0.717, 1.165) is 4.68 Å². The highest BCUT2D eigenvalue weighted by Crippen LogP contribution is 2.25. The zero-order valence-corrected chi connectivity index (χ0v) is 16.2. The number of methoxy groups -OCH3 is 1. The Bertz CT molecular complexity index is 842. The molecule has 0 radical (unpaired) electrons. The molecular formula is C16H17Cl3N4O3. The minimum atomic E-state index is -0.538. The van der Waals surface area contributed by atoms with Crippen molar-refractivity contribution in [1.29, 1.82) is 0 Å². The number of nitrogens with zero attached hydrogens (tertiary/aromatic N) is 2. The lowest BCUT2D eigenvalue weighted by molar-refractivity contribution is -0.121. The second-order valence-corrected chi connectivity index (χ2v) is 6.40. The van der Waals surface area contributed by atoms with Crippen LogP contribution >= 0.6 is 34.8 Å². The number of carbonyl (C=O) groups is 1. The van der Waals surface area contributed by atoms with Crippen molar-refractivity contribution < 1.29 is 9.53 Å². The molecule has 1 heterocycles. The Kier molecular flexibility index (Phi) is 7.71. The topological polar surface area (TPSA) is 85.2 Å². The molecule has 0 spiro atoms. The molecule has 2 aromatic rings. The number of rotatable bonds is 8. The molecule has 140 valence electrons. The van der Waals surface area contributed by atoms with Gasteiger partial charge in [0.2, 0.25) is 5.91 Å². The SMILES string of the molecule is COCCNC(=O)CCNc1ccc(-n2ncc(Cl)c(Cl)c2=O)cc1Cl. The molecule has 0 aliphatic carbocycles. The molecule has 1 aromatic heterocycles. The number of hydrogen-bond acceptors (Lipinski definition) is 5.